The van der Waals surface area contributed by atoms with Crippen LogP contribution in [-0.2, 0) is 31.4 Å². The van der Waals surface area contributed by atoms with E-state index < -0.39 is 39.6 Å². The SMILES string of the molecule is C.C.CC(C)(C)OC(=O)C1CCN(c2cc(C(F)(F)F)ccc2/C=C/[N+](=O)[O-])CC1.CC(C)(C)OC(=O)C1CCN(c2cc(C(F)(F)F)ccc2C=O)CC1. The van der Waals surface area contributed by atoms with Crippen LogP contribution in [0.25, 0.3) is 6.08 Å². The van der Waals surface area contributed by atoms with Gasteiger partial charge >= 0.3 is 24.3 Å². The number of ether oxygens (including phenoxy) is 2. The van der Waals surface area contributed by atoms with Gasteiger partial charge in [-0.1, -0.05) is 20.9 Å². The average molecular weight is 790 g/mol. The van der Waals surface area contributed by atoms with Crippen molar-refractivity contribution >= 4 is 35.7 Å². The minimum Gasteiger partial charge on any atom is -0.460 e. The van der Waals surface area contributed by atoms with E-state index in [0.717, 1.165) is 24.3 Å². The number of piperidine rings is 2. The normalized spacial score (nSPS) is 15.9. The summed E-state index contributed by atoms with van der Waals surface area (Å²) in [6.07, 6.45) is -4.75. The number of anilines is 2. The third-order valence-electron chi connectivity index (χ3n) is 8.37. The highest BCUT2D eigenvalue weighted by molar-refractivity contribution is 5.85. The van der Waals surface area contributed by atoms with Crippen molar-refractivity contribution in [2.75, 3.05) is 36.0 Å². The lowest BCUT2D eigenvalue weighted by Crippen LogP contribution is -2.39. The van der Waals surface area contributed by atoms with Crippen molar-refractivity contribution in [3.63, 3.8) is 0 Å². The molecule has 16 heteroatoms. The summed E-state index contributed by atoms with van der Waals surface area (Å²) in [5.74, 6) is -1.20. The molecule has 0 radical (unpaired) electrons. The average Bonchev–Trinajstić information content (AvgIpc) is 3.05. The summed E-state index contributed by atoms with van der Waals surface area (Å²) in [5.41, 5.74) is -1.74. The van der Waals surface area contributed by atoms with Gasteiger partial charge in [-0.05, 0) is 97.6 Å². The molecule has 0 unspecified atom stereocenters. The van der Waals surface area contributed by atoms with Crippen molar-refractivity contribution in [1.29, 1.82) is 0 Å². The third kappa shape index (κ3) is 14.9. The molecule has 10 nitrogen and oxygen atoms in total. The van der Waals surface area contributed by atoms with Crippen LogP contribution in [-0.4, -0.2) is 60.5 Å². The topological polar surface area (TPSA) is 119 Å². The molecular formula is C39H53F6N3O7. The summed E-state index contributed by atoms with van der Waals surface area (Å²) in [6, 6.07) is 6.20. The van der Waals surface area contributed by atoms with E-state index >= 15 is 0 Å². The van der Waals surface area contributed by atoms with Gasteiger partial charge in [-0.2, -0.15) is 26.3 Å². The number of hydrogen-bond donors (Lipinski definition) is 0. The number of esters is 2. The van der Waals surface area contributed by atoms with Crippen molar-refractivity contribution in [2.24, 2.45) is 11.8 Å². The Bertz CT molecular complexity index is 1650. The first-order chi connectivity index (χ1) is 24.4. The summed E-state index contributed by atoms with van der Waals surface area (Å²) in [5, 5.41) is 10.6. The second-order valence-corrected chi connectivity index (χ2v) is 14.9. The summed E-state index contributed by atoms with van der Waals surface area (Å²) < 4.78 is 88.8. The summed E-state index contributed by atoms with van der Waals surface area (Å²) in [6.45, 7) is 12.2. The largest absolute Gasteiger partial charge is 0.460 e. The van der Waals surface area contributed by atoms with Crippen molar-refractivity contribution in [3.05, 3.63) is 75.0 Å². The number of rotatable bonds is 7. The Morgan fingerprint density at radius 3 is 1.35 bits per heavy atom. The fourth-order valence-corrected chi connectivity index (χ4v) is 5.85. The first-order valence-corrected chi connectivity index (χ1v) is 17.0. The van der Waals surface area contributed by atoms with Crippen LogP contribution in [0.3, 0.4) is 0 Å². The van der Waals surface area contributed by atoms with Crippen LogP contribution in [0.1, 0.15) is 109 Å². The molecule has 0 aromatic heterocycles. The van der Waals surface area contributed by atoms with Gasteiger partial charge in [0.25, 0.3) is 0 Å². The third-order valence-corrected chi connectivity index (χ3v) is 8.37. The van der Waals surface area contributed by atoms with Crippen LogP contribution in [0, 0.1) is 22.0 Å². The number of hydrogen-bond acceptors (Lipinski definition) is 9. The number of alkyl halides is 6. The van der Waals surface area contributed by atoms with E-state index in [0.29, 0.717) is 69.9 Å². The fourth-order valence-electron chi connectivity index (χ4n) is 5.85. The molecule has 308 valence electrons. The van der Waals surface area contributed by atoms with Gasteiger partial charge in [-0.15, -0.1) is 0 Å². The maximum absolute atomic E-state index is 13.1. The standard InChI is InChI=1S/C19H23F3N2O4.C18H22F3NO3.2CH4/c1-18(2,3)28-17(25)14-6-9-23(10-7-14)16-12-15(19(20,21)22)5-4-13(16)8-11-24(26)27;1-17(2,3)25-16(24)12-6-8-22(9-7-12)15-10-14(18(19,20)21)5-4-13(15)11-23;;/h4-5,8,11-12,14H,6-7,9-10H2,1-3H3;4-5,10-12H,6-9H2,1-3H3;2*1H4/b11-8+;;;. The Kier molecular flexibility index (Phi) is 17.0. The molecule has 2 saturated heterocycles. The molecule has 0 atom stereocenters. The van der Waals surface area contributed by atoms with E-state index in [1.807, 2.05) is 0 Å². The van der Waals surface area contributed by atoms with Crippen LogP contribution in [0.15, 0.2) is 42.6 Å². The lowest BCUT2D eigenvalue weighted by atomic mass is 9.95. The quantitative estimate of drug-likeness (QED) is 0.0888. The molecule has 2 aliphatic rings. The minimum absolute atomic E-state index is 0. The molecule has 2 heterocycles. The summed E-state index contributed by atoms with van der Waals surface area (Å²) >= 11 is 0. The van der Waals surface area contributed by atoms with Crippen molar-refractivity contribution in [3.8, 4) is 0 Å². The minimum atomic E-state index is -4.52. The highest BCUT2D eigenvalue weighted by atomic mass is 19.4. The van der Waals surface area contributed by atoms with Gasteiger partial charge in [0.2, 0.25) is 6.20 Å². The smallest absolute Gasteiger partial charge is 0.416 e. The zero-order chi connectivity index (χ0) is 39.9. The van der Waals surface area contributed by atoms with E-state index in [1.165, 1.54) is 18.2 Å². The zero-order valence-electron chi connectivity index (χ0n) is 30.5. The van der Waals surface area contributed by atoms with Gasteiger partial charge in [0, 0.05) is 54.8 Å². The van der Waals surface area contributed by atoms with Crippen molar-refractivity contribution in [2.45, 2.75) is 106 Å². The molecule has 0 amide bonds. The van der Waals surface area contributed by atoms with Crippen LogP contribution in [0.4, 0.5) is 37.7 Å². The molecule has 2 aliphatic heterocycles. The summed E-state index contributed by atoms with van der Waals surface area (Å²) in [4.78, 5) is 48.9. The highest BCUT2D eigenvalue weighted by Gasteiger charge is 2.35. The molecule has 0 bridgehead atoms. The second-order valence-electron chi connectivity index (χ2n) is 14.9. The maximum atomic E-state index is 13.1. The first-order valence-electron chi connectivity index (χ1n) is 17.0. The van der Waals surface area contributed by atoms with Crippen molar-refractivity contribution < 1.29 is 55.1 Å². The molecule has 2 aromatic rings. The molecule has 0 spiro atoms. The van der Waals surface area contributed by atoms with E-state index in [-0.39, 0.29) is 55.6 Å². The van der Waals surface area contributed by atoms with E-state index in [4.69, 9.17) is 9.47 Å². The number of nitro groups is 1. The van der Waals surface area contributed by atoms with Gasteiger partial charge in [0.05, 0.1) is 27.9 Å². The maximum Gasteiger partial charge on any atom is 0.416 e. The predicted molar refractivity (Wildman–Crippen MR) is 199 cm³/mol. The van der Waals surface area contributed by atoms with Gasteiger partial charge in [0.15, 0.2) is 6.29 Å². The zero-order valence-corrected chi connectivity index (χ0v) is 30.5. The number of aldehydes is 1. The van der Waals surface area contributed by atoms with E-state index in [1.54, 1.807) is 51.3 Å². The van der Waals surface area contributed by atoms with Gasteiger partial charge in [-0.25, -0.2) is 0 Å². The first kappa shape index (κ1) is 48.4. The lowest BCUT2D eigenvalue weighted by molar-refractivity contribution is -0.400. The van der Waals surface area contributed by atoms with Gasteiger partial charge in [-0.3, -0.25) is 24.5 Å². The number of nitrogens with zero attached hydrogens (tertiary/aromatic N) is 3. The number of halogens is 6. The molecular weight excluding hydrogens is 736 g/mol. The molecule has 2 fully saturated rings. The predicted octanol–water partition coefficient (Wildman–Crippen LogP) is 9.86. The monoisotopic (exact) mass is 789 g/mol. The molecule has 0 saturated carbocycles. The van der Waals surface area contributed by atoms with E-state index in [2.05, 4.69) is 0 Å². The Balaban J connectivity index is 0.000000534. The highest BCUT2D eigenvalue weighted by Crippen LogP contribution is 2.37. The van der Waals surface area contributed by atoms with Crippen LogP contribution in [0.2, 0.25) is 0 Å². The van der Waals surface area contributed by atoms with E-state index in [9.17, 15) is 50.8 Å². The molecule has 2 aromatic carbocycles. The van der Waals surface area contributed by atoms with Gasteiger partial charge in [0.1, 0.15) is 11.2 Å². The second kappa shape index (κ2) is 19.3. The van der Waals surface area contributed by atoms with Crippen LogP contribution < -0.4 is 9.80 Å². The summed E-state index contributed by atoms with van der Waals surface area (Å²) in [7, 11) is 0. The number of benzene rings is 2. The van der Waals surface area contributed by atoms with Gasteiger partial charge < -0.3 is 19.3 Å². The lowest BCUT2D eigenvalue weighted by Gasteiger charge is -2.35. The molecule has 55 heavy (non-hydrogen) atoms. The Morgan fingerprint density at radius 1 is 0.691 bits per heavy atom. The fraction of sp³-hybridized carbons (Fsp3) is 0.564. The Labute approximate surface area is 319 Å². The van der Waals surface area contributed by atoms with Crippen molar-refractivity contribution in [1.82, 2.24) is 0 Å². The Morgan fingerprint density at radius 2 is 1.04 bits per heavy atom. The van der Waals surface area contributed by atoms with Crippen LogP contribution in [0.5, 0.6) is 0 Å². The van der Waals surface area contributed by atoms with Crippen LogP contribution >= 0.6 is 0 Å². The number of carbonyl (C=O) groups excluding carboxylic acids is 3. The molecule has 0 N–H and O–H groups in total. The molecule has 0 aliphatic carbocycles. The number of carbonyl (C=O) groups is 3. The Hall–Kier alpha value is -4.63. The molecule has 4 rings (SSSR count).